The van der Waals surface area contributed by atoms with Crippen LogP contribution in [-0.4, -0.2) is 34.7 Å². The Morgan fingerprint density at radius 1 is 0.891 bits per heavy atom. The summed E-state index contributed by atoms with van der Waals surface area (Å²) in [6.45, 7) is 2.00. The molecule has 228 valence electrons. The summed E-state index contributed by atoms with van der Waals surface area (Å²) >= 11 is 1.21. The van der Waals surface area contributed by atoms with Gasteiger partial charge in [-0.2, -0.15) is 5.10 Å². The second kappa shape index (κ2) is 14.4. The second-order valence-electron chi connectivity index (χ2n) is 10.4. The van der Waals surface area contributed by atoms with Crippen LogP contribution in [0.15, 0.2) is 141 Å². The molecule has 0 spiro atoms. The molecule has 5 aromatic rings. The molecule has 0 atom stereocenters. The SMILES string of the molecule is Cc1ccc(NC(=O)COc2ccccc2/C=C2\S/C(=N\N=C\c3ccc(-c4ccccc4)cc3)N(Cc3ccco3)C2=O)cc1. The lowest BCUT2D eigenvalue weighted by molar-refractivity contribution is -0.122. The number of rotatable bonds is 10. The van der Waals surface area contributed by atoms with Crippen molar-refractivity contribution in [3.63, 3.8) is 0 Å². The Hall–Kier alpha value is -5.67. The maximum Gasteiger partial charge on any atom is 0.267 e. The van der Waals surface area contributed by atoms with E-state index in [-0.39, 0.29) is 25.0 Å². The molecule has 0 bridgehead atoms. The monoisotopic (exact) mass is 626 g/mol. The van der Waals surface area contributed by atoms with Crippen LogP contribution >= 0.6 is 11.8 Å². The number of furan rings is 1. The fraction of sp³-hybridized carbons (Fsp3) is 0.0811. The van der Waals surface area contributed by atoms with Gasteiger partial charge in [0.05, 0.1) is 23.9 Å². The third-order valence-corrected chi connectivity index (χ3v) is 8.05. The summed E-state index contributed by atoms with van der Waals surface area (Å²) in [4.78, 5) is 28.1. The average Bonchev–Trinajstić information content (AvgIpc) is 3.70. The number of nitrogens with zero attached hydrogens (tertiary/aromatic N) is 3. The summed E-state index contributed by atoms with van der Waals surface area (Å²) in [6.07, 6.45) is 4.96. The van der Waals surface area contributed by atoms with Gasteiger partial charge >= 0.3 is 0 Å². The molecular formula is C37H30N4O4S. The minimum Gasteiger partial charge on any atom is -0.483 e. The number of nitrogens with one attached hydrogen (secondary N) is 1. The van der Waals surface area contributed by atoms with Gasteiger partial charge in [0.25, 0.3) is 11.8 Å². The first-order chi connectivity index (χ1) is 22.5. The van der Waals surface area contributed by atoms with Crippen molar-refractivity contribution in [2.75, 3.05) is 11.9 Å². The van der Waals surface area contributed by atoms with Crippen molar-refractivity contribution in [2.24, 2.45) is 10.2 Å². The lowest BCUT2D eigenvalue weighted by Gasteiger charge is -2.12. The number of anilines is 1. The molecule has 1 fully saturated rings. The molecule has 9 heteroatoms. The van der Waals surface area contributed by atoms with E-state index in [2.05, 4.69) is 27.7 Å². The molecule has 46 heavy (non-hydrogen) atoms. The van der Waals surface area contributed by atoms with Gasteiger partial charge in [-0.1, -0.05) is 90.5 Å². The highest BCUT2D eigenvalue weighted by atomic mass is 32.2. The smallest absolute Gasteiger partial charge is 0.267 e. The van der Waals surface area contributed by atoms with Gasteiger partial charge in [0, 0.05) is 11.3 Å². The van der Waals surface area contributed by atoms with E-state index in [9.17, 15) is 9.59 Å². The summed E-state index contributed by atoms with van der Waals surface area (Å²) in [5, 5.41) is 12.0. The Balaban J connectivity index is 1.18. The lowest BCUT2D eigenvalue weighted by atomic mass is 10.0. The number of hydrogen-bond donors (Lipinski definition) is 1. The first-order valence-corrected chi connectivity index (χ1v) is 15.4. The molecule has 8 nitrogen and oxygen atoms in total. The van der Waals surface area contributed by atoms with Gasteiger partial charge in [-0.15, -0.1) is 5.10 Å². The molecule has 0 radical (unpaired) electrons. The van der Waals surface area contributed by atoms with Crippen LogP contribution in [0.4, 0.5) is 5.69 Å². The van der Waals surface area contributed by atoms with Crippen molar-refractivity contribution in [1.82, 2.24) is 4.90 Å². The number of thioether (sulfide) groups is 1. The van der Waals surface area contributed by atoms with Crippen LogP contribution in [0.5, 0.6) is 5.75 Å². The molecule has 1 aromatic heterocycles. The van der Waals surface area contributed by atoms with Crippen molar-refractivity contribution in [1.29, 1.82) is 0 Å². The van der Waals surface area contributed by atoms with Crippen molar-refractivity contribution in [3.8, 4) is 16.9 Å². The van der Waals surface area contributed by atoms with E-state index in [1.165, 1.54) is 16.7 Å². The quantitative estimate of drug-likeness (QED) is 0.0970. The van der Waals surface area contributed by atoms with Crippen LogP contribution in [0.2, 0.25) is 0 Å². The standard InChI is InChI=1S/C37H30N4O4S/c1-26-13-19-31(20-14-26)39-35(42)25-45-33-12-6-5-10-30(33)22-34-36(43)41(24-32-11-7-21-44-32)37(46-34)40-38-23-27-15-17-29(18-16-27)28-8-3-2-4-9-28/h2-23H,24-25H2,1H3,(H,39,42)/b34-22-,38-23+,40-37-. The number of hydrogen-bond acceptors (Lipinski definition) is 7. The number of para-hydroxylation sites is 1. The molecule has 0 unspecified atom stereocenters. The van der Waals surface area contributed by atoms with Gasteiger partial charge in [0.1, 0.15) is 11.5 Å². The predicted molar refractivity (Wildman–Crippen MR) is 183 cm³/mol. The Kier molecular flexibility index (Phi) is 9.51. The van der Waals surface area contributed by atoms with E-state index in [4.69, 9.17) is 9.15 Å². The zero-order valence-electron chi connectivity index (χ0n) is 25.0. The molecule has 2 amide bonds. The van der Waals surface area contributed by atoms with Crippen molar-refractivity contribution < 1.29 is 18.7 Å². The fourth-order valence-electron chi connectivity index (χ4n) is 4.67. The molecule has 0 saturated carbocycles. The lowest BCUT2D eigenvalue weighted by Crippen LogP contribution is -2.28. The Morgan fingerprint density at radius 3 is 2.39 bits per heavy atom. The van der Waals surface area contributed by atoms with E-state index in [1.807, 2.05) is 91.9 Å². The van der Waals surface area contributed by atoms with Gasteiger partial charge < -0.3 is 14.5 Å². The zero-order chi connectivity index (χ0) is 31.7. The molecule has 1 N–H and O–H groups in total. The molecule has 2 heterocycles. The van der Waals surface area contributed by atoms with Crippen LogP contribution in [-0.2, 0) is 16.1 Å². The predicted octanol–water partition coefficient (Wildman–Crippen LogP) is 7.78. The number of aryl methyl sites for hydroxylation is 1. The molecule has 6 rings (SSSR count). The van der Waals surface area contributed by atoms with Gasteiger partial charge in [0.2, 0.25) is 0 Å². The van der Waals surface area contributed by atoms with Crippen molar-refractivity contribution in [2.45, 2.75) is 13.5 Å². The number of carbonyl (C=O) groups excluding carboxylic acids is 2. The number of benzene rings is 4. The third kappa shape index (κ3) is 7.69. The third-order valence-electron chi connectivity index (χ3n) is 7.05. The Morgan fingerprint density at radius 2 is 1.63 bits per heavy atom. The average molecular weight is 627 g/mol. The normalized spacial score (nSPS) is 14.8. The van der Waals surface area contributed by atoms with Gasteiger partial charge in [-0.3, -0.25) is 14.5 Å². The Bertz CT molecular complexity index is 1900. The molecule has 1 aliphatic rings. The largest absolute Gasteiger partial charge is 0.483 e. The number of amides is 2. The van der Waals surface area contributed by atoms with Crippen LogP contribution in [0.3, 0.4) is 0 Å². The van der Waals surface area contributed by atoms with E-state index in [0.717, 1.165) is 22.3 Å². The van der Waals surface area contributed by atoms with Gasteiger partial charge in [-0.05, 0) is 71.8 Å². The maximum atomic E-state index is 13.6. The minimum atomic E-state index is -0.288. The van der Waals surface area contributed by atoms with Crippen molar-refractivity contribution >= 4 is 46.7 Å². The number of amidine groups is 1. The minimum absolute atomic E-state index is 0.187. The topological polar surface area (TPSA) is 96.5 Å². The van der Waals surface area contributed by atoms with Crippen LogP contribution in [0.25, 0.3) is 17.2 Å². The van der Waals surface area contributed by atoms with E-state index >= 15 is 0 Å². The molecular weight excluding hydrogens is 596 g/mol. The first kappa shape index (κ1) is 30.4. The molecule has 4 aromatic carbocycles. The molecule has 0 aliphatic carbocycles. The van der Waals surface area contributed by atoms with E-state index in [1.54, 1.807) is 36.8 Å². The zero-order valence-corrected chi connectivity index (χ0v) is 25.8. The van der Waals surface area contributed by atoms with E-state index < -0.39 is 0 Å². The van der Waals surface area contributed by atoms with Crippen LogP contribution in [0, 0.1) is 6.92 Å². The van der Waals surface area contributed by atoms with Crippen LogP contribution < -0.4 is 10.1 Å². The maximum absolute atomic E-state index is 13.6. The molecule has 1 saturated heterocycles. The highest BCUT2D eigenvalue weighted by molar-refractivity contribution is 8.18. The van der Waals surface area contributed by atoms with E-state index in [0.29, 0.717) is 32.8 Å². The molecule has 1 aliphatic heterocycles. The number of ether oxygens (including phenoxy) is 1. The Labute approximate surface area is 271 Å². The summed E-state index contributed by atoms with van der Waals surface area (Å²) in [5.41, 5.74) is 5.57. The highest BCUT2D eigenvalue weighted by Gasteiger charge is 2.34. The van der Waals surface area contributed by atoms with Crippen LogP contribution in [0.1, 0.15) is 22.5 Å². The summed E-state index contributed by atoms with van der Waals surface area (Å²) < 4.78 is 11.4. The number of carbonyl (C=O) groups is 2. The highest BCUT2D eigenvalue weighted by Crippen LogP contribution is 2.35. The van der Waals surface area contributed by atoms with Crippen molar-refractivity contribution in [3.05, 3.63) is 149 Å². The van der Waals surface area contributed by atoms with Gasteiger partial charge in [-0.25, -0.2) is 0 Å². The summed E-state index contributed by atoms with van der Waals surface area (Å²) in [5.74, 6) is 0.563. The first-order valence-electron chi connectivity index (χ1n) is 14.6. The summed E-state index contributed by atoms with van der Waals surface area (Å²) in [6, 6.07) is 36.5. The van der Waals surface area contributed by atoms with Gasteiger partial charge in [0.15, 0.2) is 11.8 Å². The summed E-state index contributed by atoms with van der Waals surface area (Å²) in [7, 11) is 0. The fourth-order valence-corrected chi connectivity index (χ4v) is 5.59. The second-order valence-corrected chi connectivity index (χ2v) is 11.4.